The van der Waals surface area contributed by atoms with E-state index in [4.69, 9.17) is 5.26 Å². The monoisotopic (exact) mass is 279 g/mol. The Labute approximate surface area is 126 Å². The molecule has 2 aliphatic carbocycles. The van der Waals surface area contributed by atoms with Crippen LogP contribution >= 0.6 is 0 Å². The standard InChI is InChI=1S/C19H21NO/c1-17(2)16-9-10-18(3,12-16)19(17,21)11-8-14-6-4-5-7-15(14)13-20/h4-7,16,21H,9-10,12H2,1-3H3. The minimum Gasteiger partial charge on any atom is -0.376 e. The van der Waals surface area contributed by atoms with Crippen molar-refractivity contribution in [3.05, 3.63) is 35.4 Å². The first-order valence-corrected chi connectivity index (χ1v) is 7.59. The van der Waals surface area contributed by atoms with E-state index in [1.807, 2.05) is 18.2 Å². The molecule has 0 radical (unpaired) electrons. The van der Waals surface area contributed by atoms with E-state index in [1.54, 1.807) is 6.07 Å². The Morgan fingerprint density at radius 2 is 1.86 bits per heavy atom. The third-order valence-corrected chi connectivity index (χ3v) is 5.99. The highest BCUT2D eigenvalue weighted by atomic mass is 16.3. The predicted octanol–water partition coefficient (Wildman–Crippen LogP) is 3.49. The largest absolute Gasteiger partial charge is 0.376 e. The maximum atomic E-state index is 11.3. The number of nitriles is 1. The Balaban J connectivity index is 2.06. The number of benzene rings is 1. The third kappa shape index (κ3) is 1.76. The van der Waals surface area contributed by atoms with Gasteiger partial charge in [0.05, 0.1) is 5.56 Å². The molecular weight excluding hydrogens is 258 g/mol. The van der Waals surface area contributed by atoms with Crippen LogP contribution in [-0.4, -0.2) is 10.7 Å². The fourth-order valence-corrected chi connectivity index (χ4v) is 4.42. The minimum atomic E-state index is -0.981. The molecule has 2 bridgehead atoms. The second kappa shape index (κ2) is 4.36. The van der Waals surface area contributed by atoms with Crippen LogP contribution in [0.25, 0.3) is 0 Å². The summed E-state index contributed by atoms with van der Waals surface area (Å²) in [7, 11) is 0. The van der Waals surface area contributed by atoms with Gasteiger partial charge in [-0.1, -0.05) is 44.7 Å². The summed E-state index contributed by atoms with van der Waals surface area (Å²) >= 11 is 0. The van der Waals surface area contributed by atoms with Crippen LogP contribution in [0.15, 0.2) is 24.3 Å². The number of aliphatic hydroxyl groups is 1. The van der Waals surface area contributed by atoms with Gasteiger partial charge >= 0.3 is 0 Å². The normalized spacial score (nSPS) is 35.9. The van der Waals surface area contributed by atoms with Crippen molar-refractivity contribution in [1.29, 1.82) is 5.26 Å². The highest BCUT2D eigenvalue weighted by Gasteiger charge is 2.68. The first-order valence-electron chi connectivity index (χ1n) is 7.59. The quantitative estimate of drug-likeness (QED) is 0.739. The highest BCUT2D eigenvalue weighted by Crippen LogP contribution is 2.67. The lowest BCUT2D eigenvalue weighted by Crippen LogP contribution is -2.53. The number of hydrogen-bond acceptors (Lipinski definition) is 2. The second-order valence-corrected chi connectivity index (χ2v) is 7.34. The smallest absolute Gasteiger partial charge is 0.136 e. The molecule has 108 valence electrons. The molecule has 1 aromatic rings. The molecule has 3 atom stereocenters. The summed E-state index contributed by atoms with van der Waals surface area (Å²) in [6, 6.07) is 9.49. The van der Waals surface area contributed by atoms with E-state index in [1.165, 1.54) is 6.42 Å². The van der Waals surface area contributed by atoms with Crippen LogP contribution in [0, 0.1) is 39.9 Å². The van der Waals surface area contributed by atoms with Crippen molar-refractivity contribution in [2.75, 3.05) is 0 Å². The molecule has 1 N–H and O–H groups in total. The number of hydrogen-bond donors (Lipinski definition) is 1. The molecule has 0 aliphatic heterocycles. The molecule has 0 heterocycles. The average molecular weight is 279 g/mol. The lowest BCUT2D eigenvalue weighted by molar-refractivity contribution is -0.0953. The molecule has 2 fully saturated rings. The first-order chi connectivity index (χ1) is 9.84. The van der Waals surface area contributed by atoms with Crippen molar-refractivity contribution < 1.29 is 5.11 Å². The topological polar surface area (TPSA) is 44.0 Å². The Kier molecular flexibility index (Phi) is 2.94. The Morgan fingerprint density at radius 3 is 2.43 bits per heavy atom. The summed E-state index contributed by atoms with van der Waals surface area (Å²) in [5, 5.41) is 20.5. The molecule has 2 aliphatic rings. The molecule has 0 aromatic heterocycles. The van der Waals surface area contributed by atoms with Gasteiger partial charge in [0.2, 0.25) is 0 Å². The molecule has 0 saturated heterocycles. The van der Waals surface area contributed by atoms with E-state index in [9.17, 15) is 5.11 Å². The highest BCUT2D eigenvalue weighted by molar-refractivity contribution is 5.49. The summed E-state index contributed by atoms with van der Waals surface area (Å²) in [6.45, 7) is 6.42. The van der Waals surface area contributed by atoms with Gasteiger partial charge in [-0.05, 0) is 37.3 Å². The minimum absolute atomic E-state index is 0.129. The fraction of sp³-hybridized carbons (Fsp3) is 0.526. The Morgan fingerprint density at radius 1 is 1.19 bits per heavy atom. The zero-order chi connectivity index (χ0) is 15.3. The van der Waals surface area contributed by atoms with Crippen LogP contribution < -0.4 is 0 Å². The molecule has 2 heteroatoms. The molecule has 1 aromatic carbocycles. The molecule has 0 amide bonds. The molecule has 3 rings (SSSR count). The molecule has 2 saturated carbocycles. The van der Waals surface area contributed by atoms with Gasteiger partial charge in [0, 0.05) is 16.4 Å². The fourth-order valence-electron chi connectivity index (χ4n) is 4.42. The molecule has 2 nitrogen and oxygen atoms in total. The van der Waals surface area contributed by atoms with Gasteiger partial charge in [0.1, 0.15) is 11.7 Å². The zero-order valence-electron chi connectivity index (χ0n) is 12.9. The van der Waals surface area contributed by atoms with Gasteiger partial charge in [-0.15, -0.1) is 0 Å². The van der Waals surface area contributed by atoms with E-state index in [0.717, 1.165) is 12.8 Å². The predicted molar refractivity (Wildman–Crippen MR) is 82.2 cm³/mol. The van der Waals surface area contributed by atoms with Crippen LogP contribution in [0.5, 0.6) is 0 Å². The van der Waals surface area contributed by atoms with Gasteiger partial charge in [-0.25, -0.2) is 0 Å². The maximum Gasteiger partial charge on any atom is 0.136 e. The molecule has 3 unspecified atom stereocenters. The number of fused-ring (bicyclic) bond motifs is 2. The van der Waals surface area contributed by atoms with E-state index in [2.05, 4.69) is 38.7 Å². The van der Waals surface area contributed by atoms with Crippen molar-refractivity contribution in [2.45, 2.75) is 45.6 Å². The van der Waals surface area contributed by atoms with E-state index < -0.39 is 5.60 Å². The molecule has 0 spiro atoms. The molecule has 21 heavy (non-hydrogen) atoms. The molecular formula is C19H21NO. The third-order valence-electron chi connectivity index (χ3n) is 5.99. The summed E-state index contributed by atoms with van der Waals surface area (Å²) in [5.41, 5.74) is -0.0363. The van der Waals surface area contributed by atoms with Crippen LogP contribution in [0.1, 0.15) is 51.2 Å². The SMILES string of the molecule is CC12CCC(C1)C(C)(C)C2(O)C#Cc1ccccc1C#N. The van der Waals surface area contributed by atoms with Gasteiger partial charge in [0.25, 0.3) is 0 Å². The average Bonchev–Trinajstić information content (AvgIpc) is 2.94. The van der Waals surface area contributed by atoms with Crippen LogP contribution in [-0.2, 0) is 0 Å². The van der Waals surface area contributed by atoms with E-state index in [-0.39, 0.29) is 10.8 Å². The first kappa shape index (κ1) is 14.2. The summed E-state index contributed by atoms with van der Waals surface area (Å²) < 4.78 is 0. The van der Waals surface area contributed by atoms with Crippen LogP contribution in [0.2, 0.25) is 0 Å². The Hall–Kier alpha value is -1.77. The van der Waals surface area contributed by atoms with Crippen molar-refractivity contribution in [3.8, 4) is 17.9 Å². The van der Waals surface area contributed by atoms with E-state index >= 15 is 0 Å². The zero-order valence-corrected chi connectivity index (χ0v) is 12.9. The second-order valence-electron chi connectivity index (χ2n) is 7.34. The summed E-state index contributed by atoms with van der Waals surface area (Å²) in [4.78, 5) is 0. The Bertz CT molecular complexity index is 681. The van der Waals surface area contributed by atoms with Gasteiger partial charge in [-0.2, -0.15) is 5.26 Å². The summed E-state index contributed by atoms with van der Waals surface area (Å²) in [6.07, 6.45) is 3.26. The van der Waals surface area contributed by atoms with Gasteiger partial charge < -0.3 is 5.11 Å². The van der Waals surface area contributed by atoms with Crippen molar-refractivity contribution >= 4 is 0 Å². The lowest BCUT2D eigenvalue weighted by Gasteiger charge is -2.47. The number of nitrogens with zero attached hydrogens (tertiary/aromatic N) is 1. The lowest BCUT2D eigenvalue weighted by atomic mass is 9.60. The van der Waals surface area contributed by atoms with Crippen LogP contribution in [0.4, 0.5) is 0 Å². The van der Waals surface area contributed by atoms with E-state index in [0.29, 0.717) is 17.0 Å². The maximum absolute atomic E-state index is 11.3. The summed E-state index contributed by atoms with van der Waals surface area (Å²) in [5.74, 6) is 6.79. The van der Waals surface area contributed by atoms with Crippen molar-refractivity contribution in [1.82, 2.24) is 0 Å². The van der Waals surface area contributed by atoms with Crippen molar-refractivity contribution in [3.63, 3.8) is 0 Å². The number of rotatable bonds is 0. The van der Waals surface area contributed by atoms with Crippen molar-refractivity contribution in [2.24, 2.45) is 16.7 Å². The van der Waals surface area contributed by atoms with Crippen LogP contribution in [0.3, 0.4) is 0 Å². The van der Waals surface area contributed by atoms with Gasteiger partial charge in [-0.3, -0.25) is 0 Å². The van der Waals surface area contributed by atoms with Gasteiger partial charge in [0.15, 0.2) is 0 Å².